The number of benzene rings is 2. The van der Waals surface area contributed by atoms with Gasteiger partial charge >= 0.3 is 11.7 Å². The van der Waals surface area contributed by atoms with Gasteiger partial charge in [-0.1, -0.05) is 29.8 Å². The predicted molar refractivity (Wildman–Crippen MR) is 107 cm³/mol. The number of nitrogens with zero attached hydrogens (tertiary/aromatic N) is 4. The lowest BCUT2D eigenvalue weighted by Crippen LogP contribution is -2.23. The normalized spacial score (nSPS) is 10.7. The molecule has 3 rings (SSSR count). The van der Waals surface area contributed by atoms with Crippen molar-refractivity contribution in [2.45, 2.75) is 13.5 Å². The van der Waals surface area contributed by atoms with Crippen LogP contribution in [0.5, 0.6) is 5.75 Å². The van der Waals surface area contributed by atoms with Crippen LogP contribution in [-0.4, -0.2) is 32.8 Å². The van der Waals surface area contributed by atoms with E-state index in [1.807, 2.05) is 19.1 Å². The van der Waals surface area contributed by atoms with E-state index in [-0.39, 0.29) is 12.2 Å². The summed E-state index contributed by atoms with van der Waals surface area (Å²) in [5.41, 5.74) is 4.17. The second-order valence-electron chi connectivity index (χ2n) is 6.27. The Kier molecular flexibility index (Phi) is 6.28. The van der Waals surface area contributed by atoms with Crippen LogP contribution >= 0.6 is 0 Å². The van der Waals surface area contributed by atoms with E-state index in [4.69, 9.17) is 4.74 Å². The predicted octanol–water partition coefficient (Wildman–Crippen LogP) is 2.47. The van der Waals surface area contributed by atoms with Crippen molar-refractivity contribution in [1.29, 1.82) is 0 Å². The van der Waals surface area contributed by atoms with Crippen LogP contribution in [0.25, 0.3) is 0 Å². The molecule has 0 aliphatic rings. The van der Waals surface area contributed by atoms with Gasteiger partial charge in [-0.15, -0.1) is 0 Å². The first-order chi connectivity index (χ1) is 14.4. The molecule has 1 N–H and O–H groups in total. The van der Waals surface area contributed by atoms with Crippen molar-refractivity contribution < 1.29 is 19.2 Å². The first-order valence-corrected chi connectivity index (χ1v) is 8.78. The van der Waals surface area contributed by atoms with Gasteiger partial charge in [0.05, 0.1) is 16.7 Å². The summed E-state index contributed by atoms with van der Waals surface area (Å²) in [5, 5.41) is 18.2. The summed E-state index contributed by atoms with van der Waals surface area (Å²) in [6, 6.07) is 13.7. The topological polar surface area (TPSA) is 129 Å². The first-order valence-electron chi connectivity index (χ1n) is 8.78. The molecule has 0 radical (unpaired) electrons. The molecule has 1 heterocycles. The van der Waals surface area contributed by atoms with E-state index in [0.717, 1.165) is 22.6 Å². The number of hydrogen-bond acceptors (Lipinski definition) is 7. The molecular weight excluding hydrogens is 390 g/mol. The SMILES string of the molecule is Cc1ccc(C(=O)Oc2cccc(/C=N/NC(=O)Cn3cc([N+](=O)[O-])cn3)c2)cc1. The monoisotopic (exact) mass is 407 g/mol. The van der Waals surface area contributed by atoms with Crippen LogP contribution in [0.1, 0.15) is 21.5 Å². The summed E-state index contributed by atoms with van der Waals surface area (Å²) in [6.45, 7) is 1.70. The van der Waals surface area contributed by atoms with Crippen molar-refractivity contribution in [2.75, 3.05) is 0 Å². The molecule has 152 valence electrons. The average molecular weight is 407 g/mol. The van der Waals surface area contributed by atoms with Gasteiger partial charge in [0, 0.05) is 0 Å². The van der Waals surface area contributed by atoms with Crippen LogP contribution in [0, 0.1) is 17.0 Å². The molecule has 30 heavy (non-hydrogen) atoms. The van der Waals surface area contributed by atoms with Gasteiger partial charge < -0.3 is 4.74 Å². The zero-order valence-corrected chi connectivity index (χ0v) is 15.9. The Hall–Kier alpha value is -4.34. The number of hydrazone groups is 1. The third kappa shape index (κ3) is 5.58. The molecule has 1 amide bonds. The number of esters is 1. The Labute approximate surface area is 170 Å². The molecule has 0 bridgehead atoms. The maximum Gasteiger partial charge on any atom is 0.343 e. The minimum atomic E-state index is -0.599. The van der Waals surface area contributed by atoms with Crippen LogP contribution in [0.2, 0.25) is 0 Å². The summed E-state index contributed by atoms with van der Waals surface area (Å²) >= 11 is 0. The van der Waals surface area contributed by atoms with Gasteiger partial charge in [-0.2, -0.15) is 10.2 Å². The molecule has 3 aromatic rings. The number of ether oxygens (including phenoxy) is 1. The zero-order valence-electron chi connectivity index (χ0n) is 15.9. The highest BCUT2D eigenvalue weighted by atomic mass is 16.6. The van der Waals surface area contributed by atoms with Gasteiger partial charge in [-0.25, -0.2) is 10.2 Å². The fourth-order valence-electron chi connectivity index (χ4n) is 2.41. The van der Waals surface area contributed by atoms with E-state index < -0.39 is 16.8 Å². The standard InChI is InChI=1S/C20H17N5O5/c1-14-5-7-16(8-6-14)20(27)30-18-4-2-3-15(9-18)10-21-23-19(26)13-24-12-17(11-22-24)25(28)29/h2-12H,13H2,1H3,(H,23,26)/b21-10+. The summed E-state index contributed by atoms with van der Waals surface area (Å²) in [7, 11) is 0. The van der Waals surface area contributed by atoms with E-state index >= 15 is 0 Å². The lowest BCUT2D eigenvalue weighted by atomic mass is 10.1. The molecule has 0 fully saturated rings. The van der Waals surface area contributed by atoms with Gasteiger partial charge in [0.2, 0.25) is 0 Å². The smallest absolute Gasteiger partial charge is 0.343 e. The Morgan fingerprint density at radius 2 is 2.03 bits per heavy atom. The molecule has 2 aromatic carbocycles. The minimum absolute atomic E-state index is 0.205. The third-order valence-corrected chi connectivity index (χ3v) is 3.89. The van der Waals surface area contributed by atoms with Crippen LogP contribution in [-0.2, 0) is 11.3 Å². The van der Waals surface area contributed by atoms with E-state index in [2.05, 4.69) is 15.6 Å². The van der Waals surface area contributed by atoms with E-state index in [1.54, 1.807) is 36.4 Å². The second kappa shape index (κ2) is 9.24. The van der Waals surface area contributed by atoms with Crippen molar-refractivity contribution in [1.82, 2.24) is 15.2 Å². The van der Waals surface area contributed by atoms with Gasteiger partial charge in [0.15, 0.2) is 0 Å². The molecule has 0 aliphatic heterocycles. The maximum atomic E-state index is 12.2. The average Bonchev–Trinajstić information content (AvgIpc) is 3.17. The summed E-state index contributed by atoms with van der Waals surface area (Å²) in [6.07, 6.45) is 3.59. The maximum absolute atomic E-state index is 12.2. The molecule has 0 saturated heterocycles. The number of nitrogens with one attached hydrogen (secondary N) is 1. The molecule has 1 aromatic heterocycles. The second-order valence-corrected chi connectivity index (χ2v) is 6.27. The van der Waals surface area contributed by atoms with Crippen molar-refractivity contribution in [3.8, 4) is 5.75 Å². The zero-order chi connectivity index (χ0) is 21.5. The molecule has 0 unspecified atom stereocenters. The summed E-state index contributed by atoms with van der Waals surface area (Å²) in [4.78, 5) is 34.1. The highest BCUT2D eigenvalue weighted by Gasteiger charge is 2.11. The quantitative estimate of drug-likeness (QED) is 0.211. The molecule has 10 heteroatoms. The lowest BCUT2D eigenvalue weighted by molar-refractivity contribution is -0.385. The van der Waals surface area contributed by atoms with Crippen LogP contribution in [0.4, 0.5) is 5.69 Å². The van der Waals surface area contributed by atoms with Gasteiger partial charge in [0.25, 0.3) is 5.91 Å². The summed E-state index contributed by atoms with van der Waals surface area (Å²) in [5.74, 6) is -0.656. The van der Waals surface area contributed by atoms with Crippen molar-refractivity contribution in [2.24, 2.45) is 5.10 Å². The van der Waals surface area contributed by atoms with Gasteiger partial charge in [0.1, 0.15) is 24.7 Å². The molecule has 0 aliphatic carbocycles. The number of hydrogen-bond donors (Lipinski definition) is 1. The number of amides is 1. The van der Waals surface area contributed by atoms with Gasteiger partial charge in [-0.05, 0) is 36.8 Å². The Balaban J connectivity index is 1.55. The van der Waals surface area contributed by atoms with Crippen molar-refractivity contribution >= 4 is 23.8 Å². The van der Waals surface area contributed by atoms with Crippen molar-refractivity contribution in [3.05, 3.63) is 87.7 Å². The number of aromatic nitrogens is 2. The number of carbonyl (C=O) groups excluding carboxylic acids is 2. The van der Waals surface area contributed by atoms with Crippen LogP contribution in [0.15, 0.2) is 66.0 Å². The number of rotatable bonds is 7. The highest BCUT2D eigenvalue weighted by Crippen LogP contribution is 2.15. The Bertz CT molecular complexity index is 1100. The molecule has 0 saturated carbocycles. The number of aryl methyl sites for hydroxylation is 1. The third-order valence-electron chi connectivity index (χ3n) is 3.89. The lowest BCUT2D eigenvalue weighted by Gasteiger charge is -2.05. The van der Waals surface area contributed by atoms with Crippen molar-refractivity contribution in [3.63, 3.8) is 0 Å². The summed E-state index contributed by atoms with van der Waals surface area (Å²) < 4.78 is 6.49. The highest BCUT2D eigenvalue weighted by molar-refractivity contribution is 5.91. The fraction of sp³-hybridized carbons (Fsp3) is 0.100. The fourth-order valence-corrected chi connectivity index (χ4v) is 2.41. The van der Waals surface area contributed by atoms with E-state index in [1.165, 1.54) is 6.21 Å². The van der Waals surface area contributed by atoms with Crippen LogP contribution in [0.3, 0.4) is 0 Å². The van der Waals surface area contributed by atoms with Crippen LogP contribution < -0.4 is 10.2 Å². The molecule has 10 nitrogen and oxygen atoms in total. The van der Waals surface area contributed by atoms with E-state index in [0.29, 0.717) is 16.9 Å². The first kappa shape index (κ1) is 20.4. The Morgan fingerprint density at radius 3 is 2.73 bits per heavy atom. The molecular formula is C20H17N5O5. The molecule has 0 atom stereocenters. The number of nitro groups is 1. The minimum Gasteiger partial charge on any atom is -0.423 e. The van der Waals surface area contributed by atoms with E-state index in [9.17, 15) is 19.7 Å². The largest absolute Gasteiger partial charge is 0.423 e. The Morgan fingerprint density at radius 1 is 1.27 bits per heavy atom. The number of carbonyl (C=O) groups is 2. The van der Waals surface area contributed by atoms with Gasteiger partial charge in [-0.3, -0.25) is 19.6 Å². The molecule has 0 spiro atoms.